The molecule has 0 amide bonds. The summed E-state index contributed by atoms with van der Waals surface area (Å²) >= 11 is 0. The van der Waals surface area contributed by atoms with Gasteiger partial charge in [-0.25, -0.2) is 0 Å². The van der Waals surface area contributed by atoms with E-state index in [4.69, 9.17) is 4.74 Å². The molecule has 0 spiro atoms. The average molecular weight is 212 g/mol. The molecule has 1 N–H and O–H groups in total. The van der Waals surface area contributed by atoms with Gasteiger partial charge < -0.3 is 10.1 Å². The van der Waals surface area contributed by atoms with Gasteiger partial charge in [0.15, 0.2) is 0 Å². The smallest absolute Gasteiger partial charge is 0.0623 e. The van der Waals surface area contributed by atoms with Crippen molar-refractivity contribution in [1.82, 2.24) is 10.2 Å². The van der Waals surface area contributed by atoms with Gasteiger partial charge in [0.25, 0.3) is 0 Å². The van der Waals surface area contributed by atoms with Crippen LogP contribution in [0.2, 0.25) is 0 Å². The Bertz CT molecular complexity index is 206. The Balaban J connectivity index is 2.39. The van der Waals surface area contributed by atoms with E-state index in [-0.39, 0.29) is 0 Å². The number of nitrogens with one attached hydrogen (secondary N) is 1. The van der Waals surface area contributed by atoms with Crippen molar-refractivity contribution < 1.29 is 4.74 Å². The van der Waals surface area contributed by atoms with Gasteiger partial charge in [0, 0.05) is 25.0 Å². The maximum absolute atomic E-state index is 5.50. The largest absolute Gasteiger partial charge is 0.379 e. The highest BCUT2D eigenvalue weighted by Gasteiger charge is 2.27. The van der Waals surface area contributed by atoms with Gasteiger partial charge in [0.2, 0.25) is 0 Å². The molecular formula is C12H24N2O. The Morgan fingerprint density at radius 3 is 2.80 bits per heavy atom. The first-order valence-corrected chi connectivity index (χ1v) is 5.79. The standard InChI is InChI=1S/C12H24N2O/c1-5-14(6-10(2)3)7-11-8-15-9-12(11)13-4/h11-13H,2,5-9H2,1,3-4H3. The van der Waals surface area contributed by atoms with E-state index in [9.17, 15) is 0 Å². The molecule has 3 heteroatoms. The molecule has 0 saturated carbocycles. The number of ether oxygens (including phenoxy) is 1. The van der Waals surface area contributed by atoms with Gasteiger partial charge >= 0.3 is 0 Å². The van der Waals surface area contributed by atoms with E-state index >= 15 is 0 Å². The lowest BCUT2D eigenvalue weighted by Gasteiger charge is -2.26. The SMILES string of the molecule is C=C(C)CN(CC)CC1COCC1NC. The van der Waals surface area contributed by atoms with Crippen LogP contribution in [0.15, 0.2) is 12.2 Å². The molecule has 2 unspecified atom stereocenters. The lowest BCUT2D eigenvalue weighted by Crippen LogP contribution is -2.40. The second-order valence-corrected chi connectivity index (χ2v) is 4.48. The zero-order valence-corrected chi connectivity index (χ0v) is 10.3. The van der Waals surface area contributed by atoms with Gasteiger partial charge in [-0.3, -0.25) is 4.90 Å². The number of hydrogen-bond donors (Lipinski definition) is 1. The Hall–Kier alpha value is -0.380. The molecule has 15 heavy (non-hydrogen) atoms. The third-order valence-corrected chi connectivity index (χ3v) is 3.00. The zero-order valence-electron chi connectivity index (χ0n) is 10.3. The summed E-state index contributed by atoms with van der Waals surface area (Å²) < 4.78 is 5.50. The summed E-state index contributed by atoms with van der Waals surface area (Å²) in [6.07, 6.45) is 0. The van der Waals surface area contributed by atoms with Crippen LogP contribution in [0.25, 0.3) is 0 Å². The van der Waals surface area contributed by atoms with Crippen LogP contribution < -0.4 is 5.32 Å². The minimum absolute atomic E-state index is 0.518. The number of nitrogens with zero attached hydrogens (tertiary/aromatic N) is 1. The summed E-state index contributed by atoms with van der Waals surface area (Å²) in [6.45, 7) is 13.2. The van der Waals surface area contributed by atoms with Crippen molar-refractivity contribution in [2.24, 2.45) is 5.92 Å². The van der Waals surface area contributed by atoms with Crippen molar-refractivity contribution in [3.8, 4) is 0 Å². The van der Waals surface area contributed by atoms with Gasteiger partial charge in [-0.15, -0.1) is 0 Å². The Kier molecular flexibility index (Phi) is 5.29. The molecule has 1 aliphatic rings. The van der Waals surface area contributed by atoms with E-state index in [1.165, 1.54) is 5.57 Å². The molecule has 1 saturated heterocycles. The summed E-state index contributed by atoms with van der Waals surface area (Å²) in [5, 5.41) is 3.32. The van der Waals surface area contributed by atoms with Crippen molar-refractivity contribution in [2.45, 2.75) is 19.9 Å². The Labute approximate surface area is 93.5 Å². The molecule has 0 radical (unpaired) electrons. The lowest BCUT2D eigenvalue weighted by atomic mass is 10.0. The monoisotopic (exact) mass is 212 g/mol. The summed E-state index contributed by atoms with van der Waals surface area (Å²) in [5.74, 6) is 0.620. The average Bonchev–Trinajstić information content (AvgIpc) is 2.63. The topological polar surface area (TPSA) is 24.5 Å². The molecule has 2 atom stereocenters. The van der Waals surface area contributed by atoms with Crippen LogP contribution in [0.1, 0.15) is 13.8 Å². The van der Waals surface area contributed by atoms with Gasteiger partial charge in [-0.2, -0.15) is 0 Å². The third-order valence-electron chi connectivity index (χ3n) is 3.00. The summed E-state index contributed by atoms with van der Waals surface area (Å²) in [7, 11) is 2.02. The zero-order chi connectivity index (χ0) is 11.3. The molecule has 1 rings (SSSR count). The number of rotatable bonds is 6. The second kappa shape index (κ2) is 6.26. The highest BCUT2D eigenvalue weighted by molar-refractivity contribution is 4.93. The molecule has 0 aromatic rings. The molecule has 0 bridgehead atoms. The van der Waals surface area contributed by atoms with Crippen molar-refractivity contribution in [3.05, 3.63) is 12.2 Å². The third kappa shape index (κ3) is 3.93. The van der Waals surface area contributed by atoms with Crippen molar-refractivity contribution in [2.75, 3.05) is 39.9 Å². The molecule has 1 heterocycles. The molecule has 0 aromatic heterocycles. The quantitative estimate of drug-likeness (QED) is 0.668. The van der Waals surface area contributed by atoms with E-state index in [0.29, 0.717) is 12.0 Å². The molecule has 0 aliphatic carbocycles. The summed E-state index contributed by atoms with van der Waals surface area (Å²) in [4.78, 5) is 2.44. The number of likely N-dealkylation sites (N-methyl/N-ethyl adjacent to an activating group) is 2. The van der Waals surface area contributed by atoms with Crippen LogP contribution in [-0.2, 0) is 4.74 Å². The highest BCUT2D eigenvalue weighted by Crippen LogP contribution is 2.15. The minimum atomic E-state index is 0.518. The minimum Gasteiger partial charge on any atom is -0.379 e. The predicted molar refractivity (Wildman–Crippen MR) is 64.1 cm³/mol. The van der Waals surface area contributed by atoms with Crippen LogP contribution >= 0.6 is 0 Å². The normalized spacial score (nSPS) is 26.1. The fraction of sp³-hybridized carbons (Fsp3) is 0.833. The second-order valence-electron chi connectivity index (χ2n) is 4.48. The molecule has 88 valence electrons. The van der Waals surface area contributed by atoms with E-state index in [1.54, 1.807) is 0 Å². The first-order valence-electron chi connectivity index (χ1n) is 5.79. The van der Waals surface area contributed by atoms with Gasteiger partial charge in [-0.1, -0.05) is 19.1 Å². The van der Waals surface area contributed by atoms with E-state index in [2.05, 4.69) is 30.6 Å². The molecule has 3 nitrogen and oxygen atoms in total. The summed E-state index contributed by atoms with van der Waals surface area (Å²) in [6, 6.07) is 0.518. The van der Waals surface area contributed by atoms with Crippen LogP contribution in [0.5, 0.6) is 0 Å². The fourth-order valence-electron chi connectivity index (χ4n) is 2.12. The summed E-state index contributed by atoms with van der Waals surface area (Å²) in [5.41, 5.74) is 1.23. The molecule has 1 aliphatic heterocycles. The fourth-order valence-corrected chi connectivity index (χ4v) is 2.12. The van der Waals surface area contributed by atoms with Crippen LogP contribution in [0.3, 0.4) is 0 Å². The molecular weight excluding hydrogens is 188 g/mol. The van der Waals surface area contributed by atoms with Crippen molar-refractivity contribution in [1.29, 1.82) is 0 Å². The number of hydrogen-bond acceptors (Lipinski definition) is 3. The predicted octanol–water partition coefficient (Wildman–Crippen LogP) is 1.12. The van der Waals surface area contributed by atoms with E-state index in [1.807, 2.05) is 7.05 Å². The van der Waals surface area contributed by atoms with Gasteiger partial charge in [0.05, 0.1) is 13.2 Å². The molecule has 1 fully saturated rings. The van der Waals surface area contributed by atoms with E-state index < -0.39 is 0 Å². The van der Waals surface area contributed by atoms with Crippen LogP contribution in [0.4, 0.5) is 0 Å². The maximum Gasteiger partial charge on any atom is 0.0623 e. The lowest BCUT2D eigenvalue weighted by molar-refractivity contribution is 0.171. The Morgan fingerprint density at radius 2 is 2.27 bits per heavy atom. The van der Waals surface area contributed by atoms with Crippen LogP contribution in [0, 0.1) is 5.92 Å². The highest BCUT2D eigenvalue weighted by atomic mass is 16.5. The molecule has 0 aromatic carbocycles. The van der Waals surface area contributed by atoms with Crippen LogP contribution in [-0.4, -0.2) is 50.8 Å². The Morgan fingerprint density at radius 1 is 1.53 bits per heavy atom. The first kappa shape index (κ1) is 12.7. The van der Waals surface area contributed by atoms with E-state index in [0.717, 1.165) is 32.8 Å². The van der Waals surface area contributed by atoms with Gasteiger partial charge in [-0.05, 0) is 20.5 Å². The first-order chi connectivity index (χ1) is 7.17. The van der Waals surface area contributed by atoms with Gasteiger partial charge in [0.1, 0.15) is 0 Å². The maximum atomic E-state index is 5.50. The van der Waals surface area contributed by atoms with Crippen molar-refractivity contribution in [3.63, 3.8) is 0 Å². The van der Waals surface area contributed by atoms with Crippen molar-refractivity contribution >= 4 is 0 Å².